The largest absolute Gasteiger partial charge is 0.477 e. The third-order valence-electron chi connectivity index (χ3n) is 13.8. The van der Waals surface area contributed by atoms with E-state index in [-0.39, 0.29) is 64.8 Å². The first-order valence-electron chi connectivity index (χ1n) is 27.9. The van der Waals surface area contributed by atoms with Gasteiger partial charge in [-0.25, -0.2) is 44.7 Å². The van der Waals surface area contributed by atoms with Crippen molar-refractivity contribution in [3.8, 4) is 0 Å². The molecule has 11 aromatic heterocycles. The molecule has 91 heavy (non-hydrogen) atoms. The summed E-state index contributed by atoms with van der Waals surface area (Å²) in [5, 5.41) is 27.0. The summed E-state index contributed by atoms with van der Waals surface area (Å²) in [5.74, 6) is -3.36. The van der Waals surface area contributed by atoms with Gasteiger partial charge in [-0.1, -0.05) is 24.3 Å². The van der Waals surface area contributed by atoms with Gasteiger partial charge in [-0.15, -0.1) is 0 Å². The summed E-state index contributed by atoms with van der Waals surface area (Å²) in [5.41, 5.74) is 40.9. The number of imidazole rings is 4. The second kappa shape index (κ2) is 26.6. The Morgan fingerprint density at radius 3 is 0.989 bits per heavy atom. The molecule has 0 unspecified atom stereocenters. The van der Waals surface area contributed by atoms with Crippen molar-refractivity contribution in [2.75, 3.05) is 22.1 Å². The molecule has 0 aliphatic heterocycles. The normalized spacial score (nSPS) is 11.4. The average molecular weight is 1240 g/mol. The number of anilines is 4. The number of aromatic carboxylic acids is 1. The Hall–Kier alpha value is -12.5. The number of allylic oxidation sites excluding steroid dienone is 4. The molecule has 15 N–H and O–H groups in total. The smallest absolute Gasteiger partial charge is 0.354 e. The van der Waals surface area contributed by atoms with Crippen LogP contribution in [0, 0.1) is 20.8 Å². The minimum Gasteiger partial charge on any atom is -0.477 e. The number of hydrogen-bond donors (Lipinski definition) is 9. The highest BCUT2D eigenvalue weighted by Crippen LogP contribution is 2.24. The van der Waals surface area contributed by atoms with Crippen LogP contribution in [-0.2, 0) is 45.8 Å². The Morgan fingerprint density at radius 1 is 0.429 bits per heavy atom. The van der Waals surface area contributed by atoms with E-state index in [1.54, 1.807) is 78.7 Å². The van der Waals surface area contributed by atoms with Gasteiger partial charge in [0.15, 0.2) is 22.6 Å². The maximum Gasteiger partial charge on any atom is 0.354 e. The minimum atomic E-state index is -0.924. The second-order valence-corrected chi connectivity index (χ2v) is 20.1. The van der Waals surface area contributed by atoms with Gasteiger partial charge < -0.3 is 39.5 Å². The highest BCUT2D eigenvalue weighted by Gasteiger charge is 2.22. The molecule has 6 amide bonds. The molecule has 0 aliphatic rings. The number of aryl methyl sites for hydroxylation is 6. The number of nitrogen functional groups attached to an aromatic ring is 2. The number of aromatic nitrogens is 18. The van der Waals surface area contributed by atoms with Gasteiger partial charge >= 0.3 is 5.97 Å². The monoisotopic (exact) mass is 1240 g/mol. The van der Waals surface area contributed by atoms with Crippen molar-refractivity contribution in [3.05, 3.63) is 148 Å². The molecule has 0 atom stereocenters. The van der Waals surface area contributed by atoms with Crippen molar-refractivity contribution in [1.82, 2.24) is 87.5 Å². The van der Waals surface area contributed by atoms with Gasteiger partial charge in [0.1, 0.15) is 39.1 Å². The fraction of sp³-hybridized carbons (Fsp3) is 0.228. The van der Waals surface area contributed by atoms with E-state index in [0.29, 0.717) is 100 Å². The number of amides is 6. The quantitative estimate of drug-likeness (QED) is 0.0495. The van der Waals surface area contributed by atoms with Crippen LogP contribution >= 0.6 is 0 Å². The predicted octanol–water partition coefficient (Wildman–Crippen LogP) is 2.89. The molecule has 34 heteroatoms. The summed E-state index contributed by atoms with van der Waals surface area (Å²) in [6.45, 7) is 13.8. The molecule has 11 heterocycles. The molecule has 0 spiro atoms. The number of nitrogens with zero attached hydrogens (tertiary/aromatic N) is 18. The molecule has 0 bridgehead atoms. The Labute approximate surface area is 514 Å². The Balaban J connectivity index is 0.000000200. The topological polar surface area (TPSA) is 496 Å². The minimum absolute atomic E-state index is 0.168. The van der Waals surface area contributed by atoms with Gasteiger partial charge in [-0.3, -0.25) is 71.7 Å². The van der Waals surface area contributed by atoms with Gasteiger partial charge in [0.2, 0.25) is 47.4 Å². The number of carbonyl (C=O) groups is 7. The zero-order valence-electron chi connectivity index (χ0n) is 49.9. The number of hydrogen-bond acceptors (Lipinski definition) is 20. The number of carboxylic acids is 1. The van der Waals surface area contributed by atoms with Gasteiger partial charge in [0.05, 0.1) is 39.3 Å². The highest BCUT2D eigenvalue weighted by atomic mass is 16.4. The van der Waals surface area contributed by atoms with E-state index < -0.39 is 41.4 Å². The highest BCUT2D eigenvalue weighted by molar-refractivity contribution is 6.04. The number of carboxylic acid groups (broad SMARTS) is 1. The van der Waals surface area contributed by atoms with E-state index in [1.165, 1.54) is 41.6 Å². The van der Waals surface area contributed by atoms with Crippen LogP contribution in [0.2, 0.25) is 0 Å². The molecule has 11 aromatic rings. The molecule has 34 nitrogen and oxygen atoms in total. The summed E-state index contributed by atoms with van der Waals surface area (Å²) >= 11 is 0. The molecule has 0 radical (unpaired) electrons. The third kappa shape index (κ3) is 13.7. The fourth-order valence-corrected chi connectivity index (χ4v) is 9.46. The first-order valence-corrected chi connectivity index (χ1v) is 27.9. The van der Waals surface area contributed by atoms with Crippen LogP contribution in [0.25, 0.3) is 44.7 Å². The fourth-order valence-electron chi connectivity index (χ4n) is 9.46. The molecule has 0 saturated heterocycles. The number of fused-ring (bicyclic) bond motifs is 4. The first kappa shape index (κ1) is 63.0. The summed E-state index contributed by atoms with van der Waals surface area (Å²) < 4.78 is 11.4. The molecule has 0 aliphatic carbocycles. The van der Waals surface area contributed by atoms with Crippen molar-refractivity contribution < 1.29 is 38.7 Å². The average Bonchev–Trinajstić information content (AvgIpc) is 1.97. The molecule has 0 aromatic carbocycles. The lowest BCUT2D eigenvalue weighted by atomic mass is 10.2. The van der Waals surface area contributed by atoms with Gasteiger partial charge in [0.25, 0.3) is 11.8 Å². The lowest BCUT2D eigenvalue weighted by molar-refractivity contribution is 0.0682. The van der Waals surface area contributed by atoms with Gasteiger partial charge in [-0.05, 0) is 84.0 Å². The van der Waals surface area contributed by atoms with Crippen LogP contribution in [0.1, 0.15) is 111 Å². The van der Waals surface area contributed by atoms with Crippen LogP contribution in [-0.4, -0.2) is 134 Å². The summed E-state index contributed by atoms with van der Waals surface area (Å²) in [7, 11) is 0. The van der Waals surface area contributed by atoms with Crippen molar-refractivity contribution in [3.63, 3.8) is 0 Å². The SMILES string of the molecule is CCn1nc(C)cc1C(=O)Nc1nc2cc(C(N)=O)cnc2n1C/C=C/Cn1c(NC(=O)c2cc(C)nn2CC)nc2cc(C(N)=O)cnc21.CCn1nc(C)cc1C(=O)O.NC(=O)c1cnc2c(c1)nc(N)n2C/C=C/Cn1c(N)nc2cc(C(N)=O)cnc21. The van der Waals surface area contributed by atoms with E-state index in [2.05, 4.69) is 65.8 Å². The molecule has 0 saturated carbocycles. The van der Waals surface area contributed by atoms with Crippen LogP contribution in [0.3, 0.4) is 0 Å². The van der Waals surface area contributed by atoms with Crippen LogP contribution < -0.4 is 45.0 Å². The molecule has 468 valence electrons. The van der Waals surface area contributed by atoms with Crippen LogP contribution in [0.4, 0.5) is 23.8 Å². The lowest BCUT2D eigenvalue weighted by Gasteiger charge is -2.10. The number of nitrogens with one attached hydrogen (secondary N) is 2. The summed E-state index contributed by atoms with van der Waals surface area (Å²) in [6, 6.07) is 11.0. The van der Waals surface area contributed by atoms with Gasteiger partial charge in [-0.2, -0.15) is 15.3 Å². The summed E-state index contributed by atoms with van der Waals surface area (Å²) in [6.07, 6.45) is 12.8. The van der Waals surface area contributed by atoms with Crippen molar-refractivity contribution in [2.45, 2.75) is 87.4 Å². The summed E-state index contributed by atoms with van der Waals surface area (Å²) in [4.78, 5) is 118. The molecule has 11 rings (SSSR count). The molecule has 0 fully saturated rings. The number of carbonyl (C=O) groups excluding carboxylic acids is 6. The lowest BCUT2D eigenvalue weighted by Crippen LogP contribution is -2.20. The van der Waals surface area contributed by atoms with Crippen molar-refractivity contribution in [2.24, 2.45) is 22.9 Å². The number of nitrogens with two attached hydrogens (primary N) is 6. The zero-order valence-corrected chi connectivity index (χ0v) is 49.9. The zero-order chi connectivity index (χ0) is 65.5. The standard InChI is InChI=1S/C32H34N14O4.C18H18N10O2.C7H10N2O2/c1-5-45-23(11-17(3)41-45)29(49)39-31-37-21-13-19(25(33)47)15-35-27(21)43(31)9-7-8-10-44-28-22(14-20(16-36-28)26(34)48)38-32(44)40-30(50)24-12-18(4)42-46(24)6-2;19-13(29)9-5-11-15(23-7-9)27(17(21)25-11)3-1-2-4-28-16-12(26-18(28)22)6-10(8-24-16)14(20)30;1-3-9-6(7(10)11)4-5(2)8-9/h7-8,11-16H,5-6,9-10H2,1-4H3,(H2,33,47)(H2,34,48)(H,37,39,49)(H,38,40,50);1-2,5-8H,3-4H2,(H2,19,29)(H2,20,30)(H2,21,25)(H2,22,26);4H,3H2,1-2H3,(H,10,11)/b8-7+;2-1+;. The van der Waals surface area contributed by atoms with E-state index in [0.717, 1.165) is 5.69 Å². The van der Waals surface area contributed by atoms with E-state index in [9.17, 15) is 33.6 Å². The number of pyridine rings is 4. The Morgan fingerprint density at radius 2 is 0.703 bits per heavy atom. The van der Waals surface area contributed by atoms with E-state index >= 15 is 0 Å². The first-order chi connectivity index (χ1) is 43.5. The maximum absolute atomic E-state index is 13.3. The molecular formula is C57H62N26O8. The molecular weight excluding hydrogens is 1180 g/mol. The maximum atomic E-state index is 13.3. The predicted molar refractivity (Wildman–Crippen MR) is 332 cm³/mol. The van der Waals surface area contributed by atoms with Gasteiger partial charge in [0, 0.05) is 70.6 Å². The van der Waals surface area contributed by atoms with E-state index in [1.807, 2.05) is 45.1 Å². The van der Waals surface area contributed by atoms with Crippen molar-refractivity contribution in [1.29, 1.82) is 0 Å². The van der Waals surface area contributed by atoms with Crippen LogP contribution in [0.15, 0.2) is 91.6 Å². The third-order valence-corrected chi connectivity index (χ3v) is 13.8. The number of rotatable bonds is 20. The second-order valence-electron chi connectivity index (χ2n) is 20.1. The van der Waals surface area contributed by atoms with Crippen LogP contribution in [0.5, 0.6) is 0 Å². The Kier molecular flexibility index (Phi) is 18.4. The van der Waals surface area contributed by atoms with Crippen molar-refractivity contribution >= 4 is 110 Å². The number of primary amides is 4. The van der Waals surface area contributed by atoms with E-state index in [4.69, 9.17) is 39.5 Å². The Bertz CT molecular complexity index is 4480.